The molecule has 0 aliphatic rings. The van der Waals surface area contributed by atoms with Crippen molar-refractivity contribution in [2.24, 2.45) is 0 Å². The average molecular weight is 279 g/mol. The third kappa shape index (κ3) is 2.51. The van der Waals surface area contributed by atoms with E-state index in [0.29, 0.717) is 22.6 Å². The van der Waals surface area contributed by atoms with Gasteiger partial charge in [0.1, 0.15) is 10.9 Å². The number of carboxylic acids is 1. The van der Waals surface area contributed by atoms with Crippen molar-refractivity contribution in [1.82, 2.24) is 9.97 Å². The number of aryl methyl sites for hydroxylation is 1. The highest BCUT2D eigenvalue weighted by atomic mass is 35.5. The van der Waals surface area contributed by atoms with Gasteiger partial charge in [0.15, 0.2) is 0 Å². The molecular formula is C13H11ClN2O3. The highest BCUT2D eigenvalue weighted by Crippen LogP contribution is 2.35. The van der Waals surface area contributed by atoms with E-state index in [4.69, 9.17) is 16.3 Å². The van der Waals surface area contributed by atoms with Crippen molar-refractivity contribution in [3.05, 3.63) is 40.9 Å². The lowest BCUT2D eigenvalue weighted by Gasteiger charge is -2.13. The first-order chi connectivity index (χ1) is 9.04. The summed E-state index contributed by atoms with van der Waals surface area (Å²) in [6, 6.07) is 3.26. The number of ether oxygens (including phenoxy) is 1. The smallest absolute Gasteiger partial charge is 0.338 e. The maximum absolute atomic E-state index is 11.3. The number of nitrogens with zero attached hydrogens (tertiary/aromatic N) is 2. The molecule has 0 bridgehead atoms. The van der Waals surface area contributed by atoms with Crippen molar-refractivity contribution < 1.29 is 14.6 Å². The molecule has 0 amide bonds. The summed E-state index contributed by atoms with van der Waals surface area (Å²) in [4.78, 5) is 19.2. The molecule has 0 aliphatic carbocycles. The van der Waals surface area contributed by atoms with Crippen LogP contribution in [0.25, 0.3) is 11.1 Å². The standard InChI is InChI=1S/C13H11ClN2O3/c1-7-12(19-2)11(9(6-16-7)13(17)18)8-3-4-15-10(14)5-8/h3-6H,1-2H3,(H,17,18). The number of aromatic carboxylic acids is 1. The van der Waals surface area contributed by atoms with Crippen LogP contribution in [-0.2, 0) is 0 Å². The minimum atomic E-state index is -1.08. The normalized spacial score (nSPS) is 10.3. The second-order valence-corrected chi connectivity index (χ2v) is 4.23. The largest absolute Gasteiger partial charge is 0.494 e. The summed E-state index contributed by atoms with van der Waals surface area (Å²) >= 11 is 5.85. The van der Waals surface area contributed by atoms with Crippen LogP contribution in [0.3, 0.4) is 0 Å². The van der Waals surface area contributed by atoms with Gasteiger partial charge in [0.05, 0.1) is 18.4 Å². The summed E-state index contributed by atoms with van der Waals surface area (Å²) in [6.45, 7) is 1.75. The van der Waals surface area contributed by atoms with Gasteiger partial charge in [-0.3, -0.25) is 4.98 Å². The maximum atomic E-state index is 11.3. The van der Waals surface area contributed by atoms with Crippen LogP contribution in [-0.4, -0.2) is 28.2 Å². The lowest BCUT2D eigenvalue weighted by Crippen LogP contribution is -2.05. The second kappa shape index (κ2) is 5.24. The Morgan fingerprint density at radius 3 is 2.74 bits per heavy atom. The fourth-order valence-corrected chi connectivity index (χ4v) is 2.02. The zero-order valence-electron chi connectivity index (χ0n) is 10.3. The SMILES string of the molecule is COc1c(C)ncc(C(=O)O)c1-c1ccnc(Cl)c1. The first kappa shape index (κ1) is 13.3. The van der Waals surface area contributed by atoms with Crippen LogP contribution < -0.4 is 4.74 Å². The van der Waals surface area contributed by atoms with Crippen molar-refractivity contribution in [1.29, 1.82) is 0 Å². The van der Waals surface area contributed by atoms with Gasteiger partial charge in [-0.25, -0.2) is 9.78 Å². The molecular weight excluding hydrogens is 268 g/mol. The number of pyridine rings is 2. The van der Waals surface area contributed by atoms with Crippen molar-refractivity contribution in [3.8, 4) is 16.9 Å². The Kier molecular flexibility index (Phi) is 3.66. The van der Waals surface area contributed by atoms with E-state index >= 15 is 0 Å². The van der Waals surface area contributed by atoms with Crippen molar-refractivity contribution in [3.63, 3.8) is 0 Å². The maximum Gasteiger partial charge on any atom is 0.338 e. The van der Waals surface area contributed by atoms with Gasteiger partial charge in [-0.1, -0.05) is 11.6 Å². The number of aromatic nitrogens is 2. The van der Waals surface area contributed by atoms with Gasteiger partial charge < -0.3 is 9.84 Å². The summed E-state index contributed by atoms with van der Waals surface area (Å²) < 4.78 is 5.27. The molecule has 0 saturated heterocycles. The molecule has 0 unspecified atom stereocenters. The molecule has 2 rings (SSSR count). The number of methoxy groups -OCH3 is 1. The molecule has 0 radical (unpaired) electrons. The van der Waals surface area contributed by atoms with E-state index < -0.39 is 5.97 Å². The lowest BCUT2D eigenvalue weighted by molar-refractivity contribution is 0.0697. The van der Waals surface area contributed by atoms with Gasteiger partial charge in [-0.15, -0.1) is 0 Å². The van der Waals surface area contributed by atoms with Gasteiger partial charge in [-0.05, 0) is 24.6 Å². The summed E-state index contributed by atoms with van der Waals surface area (Å²) in [5, 5.41) is 9.55. The second-order valence-electron chi connectivity index (χ2n) is 3.84. The molecule has 2 aromatic rings. The molecule has 0 aliphatic heterocycles. The quantitative estimate of drug-likeness (QED) is 0.874. The Morgan fingerprint density at radius 1 is 1.42 bits per heavy atom. The highest BCUT2D eigenvalue weighted by molar-refractivity contribution is 6.29. The zero-order valence-corrected chi connectivity index (χ0v) is 11.1. The third-order valence-electron chi connectivity index (χ3n) is 2.66. The van der Waals surface area contributed by atoms with E-state index in [1.807, 2.05) is 0 Å². The molecule has 6 heteroatoms. The Hall–Kier alpha value is -2.14. The summed E-state index contributed by atoms with van der Waals surface area (Å²) in [5.74, 6) is -0.657. The topological polar surface area (TPSA) is 72.3 Å². The van der Waals surface area contributed by atoms with Crippen LogP contribution in [0.15, 0.2) is 24.5 Å². The summed E-state index contributed by atoms with van der Waals surface area (Å²) in [6.07, 6.45) is 2.82. The van der Waals surface area contributed by atoms with Gasteiger partial charge in [-0.2, -0.15) is 0 Å². The van der Waals surface area contributed by atoms with Crippen LogP contribution >= 0.6 is 11.6 Å². The van der Waals surface area contributed by atoms with Crippen molar-refractivity contribution in [2.45, 2.75) is 6.92 Å². The monoisotopic (exact) mass is 278 g/mol. The van der Waals surface area contributed by atoms with Crippen LogP contribution in [0, 0.1) is 6.92 Å². The molecule has 2 heterocycles. The number of carboxylic acid groups (broad SMARTS) is 1. The Labute approximate surface area is 114 Å². The zero-order chi connectivity index (χ0) is 14.0. The van der Waals surface area contributed by atoms with Crippen LogP contribution in [0.5, 0.6) is 5.75 Å². The molecule has 0 saturated carbocycles. The highest BCUT2D eigenvalue weighted by Gasteiger charge is 2.19. The lowest BCUT2D eigenvalue weighted by atomic mass is 10.0. The molecule has 5 nitrogen and oxygen atoms in total. The van der Waals surface area contributed by atoms with Crippen LogP contribution in [0.4, 0.5) is 0 Å². The number of halogens is 1. The summed E-state index contributed by atoms with van der Waals surface area (Å²) in [5.41, 5.74) is 1.74. The minimum Gasteiger partial charge on any atom is -0.494 e. The van der Waals surface area contributed by atoms with Gasteiger partial charge in [0, 0.05) is 18.0 Å². The fraction of sp³-hybridized carbons (Fsp3) is 0.154. The molecule has 0 spiro atoms. The van der Waals surface area contributed by atoms with Crippen LogP contribution in [0.2, 0.25) is 5.15 Å². The molecule has 0 fully saturated rings. The fourth-order valence-electron chi connectivity index (χ4n) is 1.84. The van der Waals surface area contributed by atoms with E-state index in [1.54, 1.807) is 19.1 Å². The van der Waals surface area contributed by atoms with E-state index in [9.17, 15) is 9.90 Å². The van der Waals surface area contributed by atoms with E-state index in [2.05, 4.69) is 9.97 Å². The summed E-state index contributed by atoms with van der Waals surface area (Å²) in [7, 11) is 1.47. The van der Waals surface area contributed by atoms with E-state index in [-0.39, 0.29) is 10.7 Å². The minimum absolute atomic E-state index is 0.0599. The van der Waals surface area contributed by atoms with Gasteiger partial charge in [0.25, 0.3) is 0 Å². The third-order valence-corrected chi connectivity index (χ3v) is 2.87. The first-order valence-corrected chi connectivity index (χ1v) is 5.81. The molecule has 0 atom stereocenters. The Balaban J connectivity index is 2.78. The van der Waals surface area contributed by atoms with Crippen LogP contribution in [0.1, 0.15) is 16.1 Å². The van der Waals surface area contributed by atoms with Gasteiger partial charge >= 0.3 is 5.97 Å². The molecule has 0 aromatic carbocycles. The first-order valence-electron chi connectivity index (χ1n) is 5.43. The predicted octanol–water partition coefficient (Wildman–Crippen LogP) is 2.81. The number of hydrogen-bond donors (Lipinski definition) is 1. The Morgan fingerprint density at radius 2 is 2.16 bits per heavy atom. The molecule has 98 valence electrons. The van der Waals surface area contributed by atoms with E-state index in [1.165, 1.54) is 19.5 Å². The molecule has 1 N–H and O–H groups in total. The molecule has 19 heavy (non-hydrogen) atoms. The van der Waals surface area contributed by atoms with Crippen molar-refractivity contribution >= 4 is 17.6 Å². The Bertz CT molecular complexity index is 644. The van der Waals surface area contributed by atoms with Crippen molar-refractivity contribution in [2.75, 3.05) is 7.11 Å². The predicted molar refractivity (Wildman–Crippen MR) is 70.7 cm³/mol. The van der Waals surface area contributed by atoms with E-state index in [0.717, 1.165) is 0 Å². The number of hydrogen-bond acceptors (Lipinski definition) is 4. The number of rotatable bonds is 3. The molecule has 2 aromatic heterocycles. The average Bonchev–Trinajstić information content (AvgIpc) is 2.37. The number of carbonyl (C=O) groups is 1. The van der Waals surface area contributed by atoms with Gasteiger partial charge in [0.2, 0.25) is 0 Å².